The Morgan fingerprint density at radius 3 is 2.72 bits per heavy atom. The predicted octanol–water partition coefficient (Wildman–Crippen LogP) is 3.36. The van der Waals surface area contributed by atoms with Crippen LogP contribution in [0.4, 0.5) is 14.7 Å². The van der Waals surface area contributed by atoms with Crippen molar-refractivity contribution < 1.29 is 8.78 Å². The van der Waals surface area contributed by atoms with Gasteiger partial charge in [-0.1, -0.05) is 18.2 Å². The molecule has 4 rings (SSSR count). The highest BCUT2D eigenvalue weighted by atomic mass is 19.1. The van der Waals surface area contributed by atoms with E-state index in [4.69, 9.17) is 5.73 Å². The molecule has 0 saturated carbocycles. The number of fused-ring (bicyclic) bond motifs is 1. The summed E-state index contributed by atoms with van der Waals surface area (Å²) in [4.78, 5) is 11.3. The first-order valence-corrected chi connectivity index (χ1v) is 8.33. The molecule has 2 N–H and O–H groups in total. The van der Waals surface area contributed by atoms with Crippen LogP contribution in [0.3, 0.4) is 0 Å². The minimum atomic E-state index is -0.629. The van der Waals surface area contributed by atoms with Crippen molar-refractivity contribution in [2.24, 2.45) is 11.7 Å². The SMILES string of the molecule is NCC1CCN(c2nc(-c3ccc(F)cc3F)c3ccccc3n2)C1. The molecule has 0 bridgehead atoms. The van der Waals surface area contributed by atoms with Gasteiger partial charge in [-0.2, -0.15) is 0 Å². The number of anilines is 1. The van der Waals surface area contributed by atoms with Crippen LogP contribution in [0.25, 0.3) is 22.2 Å². The molecule has 1 unspecified atom stereocenters. The third kappa shape index (κ3) is 2.93. The van der Waals surface area contributed by atoms with E-state index in [-0.39, 0.29) is 5.56 Å². The second-order valence-corrected chi connectivity index (χ2v) is 6.35. The van der Waals surface area contributed by atoms with Crippen molar-refractivity contribution in [1.29, 1.82) is 0 Å². The van der Waals surface area contributed by atoms with Gasteiger partial charge in [-0.05, 0) is 37.1 Å². The Balaban J connectivity index is 1.87. The quantitative estimate of drug-likeness (QED) is 0.794. The number of hydrogen-bond donors (Lipinski definition) is 1. The Morgan fingerprint density at radius 2 is 1.96 bits per heavy atom. The number of para-hydroxylation sites is 1. The molecule has 1 aliphatic heterocycles. The Labute approximate surface area is 144 Å². The lowest BCUT2D eigenvalue weighted by atomic mass is 10.1. The summed E-state index contributed by atoms with van der Waals surface area (Å²) in [6.45, 7) is 2.25. The van der Waals surface area contributed by atoms with Crippen LogP contribution in [-0.2, 0) is 0 Å². The van der Waals surface area contributed by atoms with E-state index < -0.39 is 11.6 Å². The third-order valence-electron chi connectivity index (χ3n) is 4.68. The average Bonchev–Trinajstić information content (AvgIpc) is 3.10. The van der Waals surface area contributed by atoms with E-state index in [1.807, 2.05) is 24.3 Å². The van der Waals surface area contributed by atoms with Gasteiger partial charge in [-0.15, -0.1) is 0 Å². The molecule has 2 heterocycles. The summed E-state index contributed by atoms with van der Waals surface area (Å²) in [5, 5.41) is 0.742. The van der Waals surface area contributed by atoms with Crippen LogP contribution < -0.4 is 10.6 Å². The molecule has 1 saturated heterocycles. The van der Waals surface area contributed by atoms with Crippen LogP contribution in [0.2, 0.25) is 0 Å². The van der Waals surface area contributed by atoms with Crippen LogP contribution in [0.5, 0.6) is 0 Å². The number of aromatic nitrogens is 2. The molecule has 128 valence electrons. The molecule has 2 aromatic carbocycles. The van der Waals surface area contributed by atoms with Crippen molar-refractivity contribution in [1.82, 2.24) is 9.97 Å². The lowest BCUT2D eigenvalue weighted by Gasteiger charge is -2.18. The predicted molar refractivity (Wildman–Crippen MR) is 94.3 cm³/mol. The maximum absolute atomic E-state index is 14.4. The highest BCUT2D eigenvalue weighted by Crippen LogP contribution is 2.31. The summed E-state index contributed by atoms with van der Waals surface area (Å²) in [6, 6.07) is 11.0. The van der Waals surface area contributed by atoms with E-state index in [1.165, 1.54) is 12.1 Å². The second-order valence-electron chi connectivity index (χ2n) is 6.35. The first-order valence-electron chi connectivity index (χ1n) is 8.33. The summed E-state index contributed by atoms with van der Waals surface area (Å²) in [5.74, 6) is -0.254. The number of nitrogens with zero attached hydrogens (tertiary/aromatic N) is 3. The Bertz CT molecular complexity index is 928. The van der Waals surface area contributed by atoms with Crippen LogP contribution >= 0.6 is 0 Å². The zero-order valence-corrected chi connectivity index (χ0v) is 13.6. The van der Waals surface area contributed by atoms with Crippen LogP contribution in [0, 0.1) is 17.6 Å². The number of rotatable bonds is 3. The van der Waals surface area contributed by atoms with E-state index in [0.29, 0.717) is 24.1 Å². The minimum absolute atomic E-state index is 0.274. The fourth-order valence-corrected chi connectivity index (χ4v) is 3.30. The van der Waals surface area contributed by atoms with Gasteiger partial charge in [0, 0.05) is 30.1 Å². The standard InChI is InChI=1S/C19H18F2N4/c20-13-5-6-14(16(21)9-13)18-15-3-1-2-4-17(15)23-19(24-18)25-8-7-12(10-22)11-25/h1-6,9,12H,7-8,10-11,22H2. The fourth-order valence-electron chi connectivity index (χ4n) is 3.30. The molecular formula is C19H18F2N4. The van der Waals surface area contributed by atoms with Crippen molar-refractivity contribution in [2.45, 2.75) is 6.42 Å². The molecular weight excluding hydrogens is 322 g/mol. The molecule has 0 amide bonds. The topological polar surface area (TPSA) is 55.0 Å². The normalized spacial score (nSPS) is 17.4. The lowest BCUT2D eigenvalue weighted by Crippen LogP contribution is -2.24. The fraction of sp³-hybridized carbons (Fsp3) is 0.263. The van der Waals surface area contributed by atoms with Gasteiger partial charge in [0.15, 0.2) is 0 Å². The smallest absolute Gasteiger partial charge is 0.226 e. The second kappa shape index (κ2) is 6.37. The van der Waals surface area contributed by atoms with Crippen molar-refractivity contribution in [3.63, 3.8) is 0 Å². The van der Waals surface area contributed by atoms with Crippen molar-refractivity contribution in [3.05, 3.63) is 54.1 Å². The Kier molecular flexibility index (Phi) is 4.05. The Hall–Kier alpha value is -2.60. The maximum Gasteiger partial charge on any atom is 0.226 e. The van der Waals surface area contributed by atoms with Crippen molar-refractivity contribution in [3.8, 4) is 11.3 Å². The number of nitrogens with two attached hydrogens (primary N) is 1. The minimum Gasteiger partial charge on any atom is -0.340 e. The van der Waals surface area contributed by atoms with Crippen LogP contribution in [-0.4, -0.2) is 29.6 Å². The van der Waals surface area contributed by atoms with E-state index in [9.17, 15) is 8.78 Å². The van der Waals surface area contributed by atoms with E-state index in [2.05, 4.69) is 14.9 Å². The van der Waals surface area contributed by atoms with Gasteiger partial charge in [0.1, 0.15) is 11.6 Å². The summed E-state index contributed by atoms with van der Waals surface area (Å²) < 4.78 is 27.7. The first kappa shape index (κ1) is 15.9. The third-order valence-corrected chi connectivity index (χ3v) is 4.68. The van der Waals surface area contributed by atoms with Crippen LogP contribution in [0.15, 0.2) is 42.5 Å². The largest absolute Gasteiger partial charge is 0.340 e. The van der Waals surface area contributed by atoms with Gasteiger partial charge in [0.05, 0.1) is 11.2 Å². The monoisotopic (exact) mass is 340 g/mol. The molecule has 6 heteroatoms. The van der Waals surface area contributed by atoms with Gasteiger partial charge in [-0.25, -0.2) is 18.7 Å². The summed E-state index contributed by atoms with van der Waals surface area (Å²) in [6.07, 6.45) is 0.993. The number of halogens is 2. The Morgan fingerprint density at radius 1 is 1.12 bits per heavy atom. The summed E-state index contributed by atoms with van der Waals surface area (Å²) >= 11 is 0. The zero-order chi connectivity index (χ0) is 17.4. The average molecular weight is 340 g/mol. The van der Waals surface area contributed by atoms with E-state index in [1.54, 1.807) is 0 Å². The maximum atomic E-state index is 14.4. The van der Waals surface area contributed by atoms with E-state index >= 15 is 0 Å². The highest BCUT2D eigenvalue weighted by molar-refractivity contribution is 5.93. The van der Waals surface area contributed by atoms with Gasteiger partial charge >= 0.3 is 0 Å². The van der Waals surface area contributed by atoms with Gasteiger partial charge < -0.3 is 10.6 Å². The van der Waals surface area contributed by atoms with Crippen molar-refractivity contribution >= 4 is 16.9 Å². The first-order chi connectivity index (χ1) is 12.2. The highest BCUT2D eigenvalue weighted by Gasteiger charge is 2.24. The van der Waals surface area contributed by atoms with Gasteiger partial charge in [0.2, 0.25) is 5.95 Å². The van der Waals surface area contributed by atoms with Crippen LogP contribution in [0.1, 0.15) is 6.42 Å². The molecule has 1 aliphatic rings. The number of benzene rings is 2. The lowest BCUT2D eigenvalue weighted by molar-refractivity contribution is 0.585. The summed E-state index contributed by atoms with van der Waals surface area (Å²) in [5.41, 5.74) is 7.26. The van der Waals surface area contributed by atoms with Crippen molar-refractivity contribution in [2.75, 3.05) is 24.5 Å². The molecule has 1 aromatic heterocycles. The van der Waals surface area contributed by atoms with Gasteiger partial charge in [-0.3, -0.25) is 0 Å². The molecule has 0 aliphatic carbocycles. The molecule has 25 heavy (non-hydrogen) atoms. The molecule has 1 atom stereocenters. The molecule has 0 radical (unpaired) electrons. The zero-order valence-electron chi connectivity index (χ0n) is 13.6. The van der Waals surface area contributed by atoms with E-state index in [0.717, 1.165) is 36.5 Å². The molecule has 3 aromatic rings. The molecule has 4 nitrogen and oxygen atoms in total. The summed E-state index contributed by atoms with van der Waals surface area (Å²) in [7, 11) is 0. The molecule has 1 fully saturated rings. The van der Waals surface area contributed by atoms with Gasteiger partial charge in [0.25, 0.3) is 0 Å². The molecule has 0 spiro atoms. The number of hydrogen-bond acceptors (Lipinski definition) is 4.